The van der Waals surface area contributed by atoms with Crippen LogP contribution in [0.5, 0.6) is 0 Å². The molecule has 92 valence electrons. The van der Waals surface area contributed by atoms with E-state index in [2.05, 4.69) is 11.8 Å². The molecule has 2 N–H and O–H groups in total. The Kier molecular flexibility index (Phi) is 2.75. The lowest BCUT2D eigenvalue weighted by Crippen LogP contribution is -2.58. The van der Waals surface area contributed by atoms with Crippen molar-refractivity contribution in [1.29, 1.82) is 0 Å². The van der Waals surface area contributed by atoms with Crippen molar-refractivity contribution in [3.63, 3.8) is 0 Å². The smallest absolute Gasteiger partial charge is 0.0337 e. The van der Waals surface area contributed by atoms with Crippen LogP contribution < -0.4 is 5.73 Å². The van der Waals surface area contributed by atoms with Gasteiger partial charge in [-0.2, -0.15) is 0 Å². The minimum Gasteiger partial charge on any atom is -0.329 e. The normalized spacial score (nSPS) is 48.8. The summed E-state index contributed by atoms with van der Waals surface area (Å²) in [5, 5.41) is 0. The van der Waals surface area contributed by atoms with Gasteiger partial charge < -0.3 is 5.73 Å². The van der Waals surface area contributed by atoms with Crippen molar-refractivity contribution >= 4 is 0 Å². The third-order valence-electron chi connectivity index (χ3n) is 5.47. The van der Waals surface area contributed by atoms with E-state index in [9.17, 15) is 0 Å². The average molecular weight is 222 g/mol. The van der Waals surface area contributed by atoms with Gasteiger partial charge in [0.1, 0.15) is 0 Å². The predicted octanol–water partition coefficient (Wildman–Crippen LogP) is 2.38. The Morgan fingerprint density at radius 3 is 2.75 bits per heavy atom. The minimum absolute atomic E-state index is 0.386. The predicted molar refractivity (Wildman–Crippen MR) is 67.3 cm³/mol. The number of nitrogens with zero attached hydrogens (tertiary/aromatic N) is 1. The van der Waals surface area contributed by atoms with Gasteiger partial charge in [0.25, 0.3) is 0 Å². The van der Waals surface area contributed by atoms with Crippen molar-refractivity contribution in [3.8, 4) is 0 Å². The van der Waals surface area contributed by atoms with Crippen LogP contribution in [-0.2, 0) is 0 Å². The van der Waals surface area contributed by atoms with Crippen molar-refractivity contribution in [2.45, 2.75) is 63.5 Å². The summed E-state index contributed by atoms with van der Waals surface area (Å²) < 4.78 is 0. The van der Waals surface area contributed by atoms with Gasteiger partial charge in [-0.25, -0.2) is 0 Å². The van der Waals surface area contributed by atoms with E-state index in [0.29, 0.717) is 5.54 Å². The molecule has 1 heterocycles. The Bertz CT molecular complexity index is 265. The Labute approximate surface area is 99.6 Å². The second-order valence-electron chi connectivity index (χ2n) is 6.62. The molecular weight excluding hydrogens is 196 g/mol. The highest BCUT2D eigenvalue weighted by atomic mass is 15.3. The van der Waals surface area contributed by atoms with Gasteiger partial charge in [0, 0.05) is 24.7 Å². The zero-order valence-electron chi connectivity index (χ0n) is 10.6. The van der Waals surface area contributed by atoms with Crippen molar-refractivity contribution in [2.75, 3.05) is 13.1 Å². The van der Waals surface area contributed by atoms with E-state index in [1.165, 1.54) is 51.5 Å². The standard InChI is InChI=1S/C14H26N2/c1-11-3-2-6-14(8-11,10-15)16-9-12-4-5-13(16)7-12/h11-13H,2-10,15H2,1H3. The van der Waals surface area contributed by atoms with Gasteiger partial charge in [-0.3, -0.25) is 4.90 Å². The number of hydrogen-bond acceptors (Lipinski definition) is 2. The van der Waals surface area contributed by atoms with Crippen LogP contribution in [0.3, 0.4) is 0 Å². The van der Waals surface area contributed by atoms with Gasteiger partial charge in [-0.1, -0.05) is 19.8 Å². The van der Waals surface area contributed by atoms with Crippen LogP contribution in [0.1, 0.15) is 51.9 Å². The third-order valence-corrected chi connectivity index (χ3v) is 5.47. The summed E-state index contributed by atoms with van der Waals surface area (Å²) in [6, 6.07) is 0.888. The van der Waals surface area contributed by atoms with Crippen molar-refractivity contribution in [3.05, 3.63) is 0 Å². The zero-order chi connectivity index (χ0) is 11.2. The Morgan fingerprint density at radius 1 is 1.31 bits per heavy atom. The lowest BCUT2D eigenvalue weighted by atomic mass is 9.74. The molecule has 2 saturated carbocycles. The Morgan fingerprint density at radius 2 is 2.19 bits per heavy atom. The lowest BCUT2D eigenvalue weighted by Gasteiger charge is -2.49. The fraction of sp³-hybridized carbons (Fsp3) is 1.00. The Balaban J connectivity index is 1.79. The van der Waals surface area contributed by atoms with Crippen LogP contribution in [0.15, 0.2) is 0 Å². The summed E-state index contributed by atoms with van der Waals surface area (Å²) in [5.41, 5.74) is 6.56. The zero-order valence-corrected chi connectivity index (χ0v) is 10.6. The summed E-state index contributed by atoms with van der Waals surface area (Å²) >= 11 is 0. The van der Waals surface area contributed by atoms with Crippen LogP contribution in [-0.4, -0.2) is 29.6 Å². The fourth-order valence-electron chi connectivity index (χ4n) is 4.70. The minimum atomic E-state index is 0.386. The molecule has 4 atom stereocenters. The first-order valence-corrected chi connectivity index (χ1v) is 7.20. The number of piperidine rings is 1. The quantitative estimate of drug-likeness (QED) is 0.777. The largest absolute Gasteiger partial charge is 0.329 e. The topological polar surface area (TPSA) is 29.3 Å². The van der Waals surface area contributed by atoms with E-state index in [4.69, 9.17) is 5.73 Å². The maximum Gasteiger partial charge on any atom is 0.0337 e. The van der Waals surface area contributed by atoms with Crippen molar-refractivity contribution in [2.24, 2.45) is 17.6 Å². The molecule has 0 aromatic heterocycles. The fourth-order valence-corrected chi connectivity index (χ4v) is 4.70. The van der Waals surface area contributed by atoms with Crippen LogP contribution >= 0.6 is 0 Å². The van der Waals surface area contributed by atoms with Gasteiger partial charge in [-0.15, -0.1) is 0 Å². The van der Waals surface area contributed by atoms with Gasteiger partial charge in [0.15, 0.2) is 0 Å². The summed E-state index contributed by atoms with van der Waals surface area (Å²) in [7, 11) is 0. The molecule has 0 spiro atoms. The molecule has 2 aliphatic carbocycles. The highest BCUT2D eigenvalue weighted by Gasteiger charge is 2.48. The van der Waals surface area contributed by atoms with Crippen LogP contribution in [0.4, 0.5) is 0 Å². The molecule has 1 saturated heterocycles. The monoisotopic (exact) mass is 222 g/mol. The molecule has 0 radical (unpaired) electrons. The van der Waals surface area contributed by atoms with Gasteiger partial charge in [0.2, 0.25) is 0 Å². The maximum atomic E-state index is 6.17. The lowest BCUT2D eigenvalue weighted by molar-refractivity contribution is 0.0150. The molecule has 0 aromatic rings. The first kappa shape index (κ1) is 11.0. The van der Waals surface area contributed by atoms with Gasteiger partial charge >= 0.3 is 0 Å². The molecule has 2 nitrogen and oxygen atoms in total. The molecular formula is C14H26N2. The SMILES string of the molecule is CC1CCCC(CN)(N2CC3CCC2C3)C1. The number of hydrogen-bond donors (Lipinski definition) is 1. The Hall–Kier alpha value is -0.0800. The first-order valence-electron chi connectivity index (χ1n) is 7.20. The van der Waals surface area contributed by atoms with Crippen LogP contribution in [0, 0.1) is 11.8 Å². The van der Waals surface area contributed by atoms with E-state index in [1.54, 1.807) is 0 Å². The number of nitrogens with two attached hydrogens (primary N) is 1. The van der Waals surface area contributed by atoms with E-state index in [-0.39, 0.29) is 0 Å². The van der Waals surface area contributed by atoms with E-state index in [0.717, 1.165) is 24.4 Å². The summed E-state index contributed by atoms with van der Waals surface area (Å²) in [6.45, 7) is 4.66. The molecule has 16 heavy (non-hydrogen) atoms. The second kappa shape index (κ2) is 3.99. The highest BCUT2D eigenvalue weighted by Crippen LogP contribution is 2.46. The molecule has 3 rings (SSSR count). The molecule has 2 bridgehead atoms. The van der Waals surface area contributed by atoms with E-state index >= 15 is 0 Å². The van der Waals surface area contributed by atoms with E-state index in [1.807, 2.05) is 0 Å². The first-order chi connectivity index (χ1) is 7.73. The highest BCUT2D eigenvalue weighted by molar-refractivity contribution is 5.04. The maximum absolute atomic E-state index is 6.17. The van der Waals surface area contributed by atoms with Crippen molar-refractivity contribution in [1.82, 2.24) is 4.90 Å². The molecule has 0 aromatic carbocycles. The van der Waals surface area contributed by atoms with Crippen LogP contribution in [0.25, 0.3) is 0 Å². The molecule has 3 aliphatic rings. The number of rotatable bonds is 2. The average Bonchev–Trinajstić information content (AvgIpc) is 2.90. The molecule has 0 amide bonds. The second-order valence-corrected chi connectivity index (χ2v) is 6.62. The summed E-state index contributed by atoms with van der Waals surface area (Å²) in [5.74, 6) is 1.89. The van der Waals surface area contributed by atoms with Crippen LogP contribution in [0.2, 0.25) is 0 Å². The molecule has 4 unspecified atom stereocenters. The van der Waals surface area contributed by atoms with E-state index < -0.39 is 0 Å². The van der Waals surface area contributed by atoms with Crippen molar-refractivity contribution < 1.29 is 0 Å². The molecule has 3 fully saturated rings. The summed E-state index contributed by atoms with van der Waals surface area (Å²) in [4.78, 5) is 2.83. The number of likely N-dealkylation sites (tertiary alicyclic amines) is 1. The molecule has 2 heteroatoms. The number of fused-ring (bicyclic) bond motifs is 2. The molecule has 1 aliphatic heterocycles. The summed E-state index contributed by atoms with van der Waals surface area (Å²) in [6.07, 6.45) is 9.92. The van der Waals surface area contributed by atoms with Gasteiger partial charge in [0.05, 0.1) is 0 Å². The third kappa shape index (κ3) is 1.62. The van der Waals surface area contributed by atoms with Gasteiger partial charge in [-0.05, 0) is 43.9 Å².